The van der Waals surface area contributed by atoms with E-state index in [-0.39, 0.29) is 11.2 Å². The second-order valence-electron chi connectivity index (χ2n) is 5.02. The van der Waals surface area contributed by atoms with Gasteiger partial charge in [-0.2, -0.15) is 0 Å². The molecule has 0 N–H and O–H groups in total. The average Bonchev–Trinajstić information content (AvgIpc) is 3.24. The Morgan fingerprint density at radius 3 is 2.58 bits per heavy atom. The summed E-state index contributed by atoms with van der Waals surface area (Å²) in [4.78, 5) is 16.5. The van der Waals surface area contributed by atoms with Crippen LogP contribution in [0.2, 0.25) is 5.02 Å². The van der Waals surface area contributed by atoms with Gasteiger partial charge in [0.05, 0.1) is 10.4 Å². The lowest BCUT2D eigenvalue weighted by Crippen LogP contribution is -2.22. The molecule has 0 bridgehead atoms. The van der Waals surface area contributed by atoms with Gasteiger partial charge in [0.1, 0.15) is 5.78 Å². The molecule has 19 heavy (non-hydrogen) atoms. The maximum atomic E-state index is 12.6. The van der Waals surface area contributed by atoms with Gasteiger partial charge in [0.25, 0.3) is 0 Å². The van der Waals surface area contributed by atoms with E-state index in [4.69, 9.17) is 11.6 Å². The summed E-state index contributed by atoms with van der Waals surface area (Å²) in [5.41, 5.74) is 1.72. The summed E-state index contributed by atoms with van der Waals surface area (Å²) in [7, 11) is 0. The maximum Gasteiger partial charge on any atom is 0.147 e. The Kier molecular flexibility index (Phi) is 3.11. The first kappa shape index (κ1) is 12.4. The summed E-state index contributed by atoms with van der Waals surface area (Å²) >= 11 is 6.07. The van der Waals surface area contributed by atoms with Crippen LogP contribution in [-0.2, 0) is 16.6 Å². The van der Waals surface area contributed by atoms with Gasteiger partial charge in [-0.15, -0.1) is 0 Å². The van der Waals surface area contributed by atoms with Crippen molar-refractivity contribution in [1.82, 2.24) is 4.98 Å². The third-order valence-electron chi connectivity index (χ3n) is 3.82. The van der Waals surface area contributed by atoms with Crippen molar-refractivity contribution >= 4 is 17.4 Å². The molecule has 1 heterocycles. The van der Waals surface area contributed by atoms with E-state index in [1.807, 2.05) is 36.4 Å². The molecular weight excluding hydrogens is 258 g/mol. The van der Waals surface area contributed by atoms with Crippen LogP contribution in [0.3, 0.4) is 0 Å². The minimum Gasteiger partial charge on any atom is -0.298 e. The Labute approximate surface area is 117 Å². The van der Waals surface area contributed by atoms with Crippen LogP contribution in [0.15, 0.2) is 48.8 Å². The predicted octanol–water partition coefficient (Wildman–Crippen LogP) is 3.58. The Morgan fingerprint density at radius 1 is 1.21 bits per heavy atom. The predicted molar refractivity (Wildman–Crippen MR) is 75.3 cm³/mol. The zero-order valence-corrected chi connectivity index (χ0v) is 11.2. The highest BCUT2D eigenvalue weighted by Crippen LogP contribution is 2.49. The molecule has 1 aliphatic rings. The molecule has 0 amide bonds. The fraction of sp³-hybridized carbons (Fsp3) is 0.250. The van der Waals surface area contributed by atoms with Crippen LogP contribution in [0.4, 0.5) is 0 Å². The topological polar surface area (TPSA) is 30.0 Å². The number of nitrogens with zero attached hydrogens (tertiary/aromatic N) is 1. The second-order valence-corrected chi connectivity index (χ2v) is 5.42. The first-order chi connectivity index (χ1) is 9.22. The molecule has 0 spiro atoms. The van der Waals surface area contributed by atoms with E-state index < -0.39 is 0 Å². The van der Waals surface area contributed by atoms with Crippen LogP contribution >= 0.6 is 11.6 Å². The van der Waals surface area contributed by atoms with Crippen LogP contribution in [0, 0.1) is 0 Å². The second kappa shape index (κ2) is 4.78. The zero-order chi connectivity index (χ0) is 13.3. The summed E-state index contributed by atoms with van der Waals surface area (Å²) < 4.78 is 0. The van der Waals surface area contributed by atoms with Gasteiger partial charge in [0, 0.05) is 18.8 Å². The van der Waals surface area contributed by atoms with Crippen molar-refractivity contribution in [3.63, 3.8) is 0 Å². The van der Waals surface area contributed by atoms with E-state index >= 15 is 0 Å². The lowest BCUT2D eigenvalue weighted by molar-refractivity contribution is -0.120. The number of hydrogen-bond donors (Lipinski definition) is 0. The first-order valence-corrected chi connectivity index (χ1v) is 6.77. The van der Waals surface area contributed by atoms with Crippen molar-refractivity contribution in [2.24, 2.45) is 0 Å². The minimum atomic E-state index is -0.270. The smallest absolute Gasteiger partial charge is 0.147 e. The van der Waals surface area contributed by atoms with Crippen molar-refractivity contribution in [3.05, 3.63) is 64.9 Å². The molecule has 1 aromatic carbocycles. The fourth-order valence-electron chi connectivity index (χ4n) is 2.50. The quantitative estimate of drug-likeness (QED) is 0.851. The van der Waals surface area contributed by atoms with E-state index in [0.717, 1.165) is 24.0 Å². The van der Waals surface area contributed by atoms with Gasteiger partial charge in [0.15, 0.2) is 0 Å². The molecule has 1 saturated carbocycles. The van der Waals surface area contributed by atoms with E-state index in [9.17, 15) is 4.79 Å². The number of pyridine rings is 1. The number of carbonyl (C=O) groups is 1. The van der Waals surface area contributed by atoms with Gasteiger partial charge in [-0.25, -0.2) is 0 Å². The number of rotatable bonds is 4. The molecule has 3 rings (SSSR count). The zero-order valence-electron chi connectivity index (χ0n) is 10.5. The highest BCUT2D eigenvalue weighted by atomic mass is 35.5. The Morgan fingerprint density at radius 2 is 1.95 bits per heavy atom. The Hall–Kier alpha value is -1.67. The number of aromatic nitrogens is 1. The number of hydrogen-bond acceptors (Lipinski definition) is 2. The van der Waals surface area contributed by atoms with E-state index in [1.54, 1.807) is 12.4 Å². The van der Waals surface area contributed by atoms with Crippen LogP contribution < -0.4 is 0 Å². The summed E-state index contributed by atoms with van der Waals surface area (Å²) in [6.07, 6.45) is 5.54. The molecule has 1 aromatic heterocycles. The normalized spacial score (nSPS) is 16.1. The summed E-state index contributed by atoms with van der Waals surface area (Å²) in [5, 5.41) is 0.569. The van der Waals surface area contributed by atoms with Crippen LogP contribution in [0.1, 0.15) is 24.0 Å². The molecule has 0 unspecified atom stereocenters. The number of benzene rings is 1. The van der Waals surface area contributed by atoms with Gasteiger partial charge >= 0.3 is 0 Å². The Bertz CT molecular complexity index is 605. The minimum absolute atomic E-state index is 0.256. The van der Waals surface area contributed by atoms with E-state index in [0.29, 0.717) is 11.4 Å². The molecule has 0 aliphatic heterocycles. The van der Waals surface area contributed by atoms with Crippen molar-refractivity contribution in [2.45, 2.75) is 24.7 Å². The standard InChI is InChI=1S/C16H14ClNO/c17-14-11-18-9-6-12(14)10-15(19)16(7-8-16)13-4-2-1-3-5-13/h1-6,9,11H,7-8,10H2. The highest BCUT2D eigenvalue weighted by molar-refractivity contribution is 6.31. The largest absolute Gasteiger partial charge is 0.298 e. The van der Waals surface area contributed by atoms with E-state index in [1.165, 1.54) is 0 Å². The molecule has 2 aromatic rings. The SMILES string of the molecule is O=C(Cc1ccncc1Cl)C1(c2ccccc2)CC1. The summed E-state index contributed by atoms with van der Waals surface area (Å²) in [6, 6.07) is 11.9. The molecule has 1 aliphatic carbocycles. The number of Topliss-reactive ketones (excluding diaryl/α,β-unsaturated/α-hetero) is 1. The van der Waals surface area contributed by atoms with Gasteiger partial charge in [-0.05, 0) is 30.0 Å². The molecule has 0 radical (unpaired) electrons. The molecule has 96 valence electrons. The van der Waals surface area contributed by atoms with Crippen LogP contribution in [-0.4, -0.2) is 10.8 Å². The third kappa shape index (κ3) is 2.28. The highest BCUT2D eigenvalue weighted by Gasteiger charge is 2.50. The van der Waals surface area contributed by atoms with Crippen molar-refractivity contribution in [3.8, 4) is 0 Å². The van der Waals surface area contributed by atoms with Crippen LogP contribution in [0.25, 0.3) is 0 Å². The van der Waals surface area contributed by atoms with Crippen molar-refractivity contribution in [1.29, 1.82) is 0 Å². The number of ketones is 1. The maximum absolute atomic E-state index is 12.6. The van der Waals surface area contributed by atoms with Crippen molar-refractivity contribution < 1.29 is 4.79 Å². The monoisotopic (exact) mass is 271 g/mol. The number of carbonyl (C=O) groups excluding carboxylic acids is 1. The lowest BCUT2D eigenvalue weighted by Gasteiger charge is -2.14. The fourth-order valence-corrected chi connectivity index (χ4v) is 2.69. The third-order valence-corrected chi connectivity index (χ3v) is 4.16. The van der Waals surface area contributed by atoms with Gasteiger partial charge < -0.3 is 0 Å². The lowest BCUT2D eigenvalue weighted by atomic mass is 9.88. The Balaban J connectivity index is 1.84. The van der Waals surface area contributed by atoms with Gasteiger partial charge in [0.2, 0.25) is 0 Å². The molecule has 0 atom stereocenters. The van der Waals surface area contributed by atoms with Gasteiger partial charge in [-0.3, -0.25) is 9.78 Å². The molecule has 3 heteroatoms. The summed E-state index contributed by atoms with van der Waals surface area (Å²) in [5.74, 6) is 0.256. The molecule has 0 saturated heterocycles. The van der Waals surface area contributed by atoms with Gasteiger partial charge in [-0.1, -0.05) is 41.9 Å². The molecule has 1 fully saturated rings. The van der Waals surface area contributed by atoms with Crippen molar-refractivity contribution in [2.75, 3.05) is 0 Å². The first-order valence-electron chi connectivity index (χ1n) is 6.40. The molecule has 2 nitrogen and oxygen atoms in total. The van der Waals surface area contributed by atoms with Crippen LogP contribution in [0.5, 0.6) is 0 Å². The molecular formula is C16H14ClNO. The summed E-state index contributed by atoms with van der Waals surface area (Å²) in [6.45, 7) is 0. The average molecular weight is 272 g/mol. The van der Waals surface area contributed by atoms with E-state index in [2.05, 4.69) is 4.98 Å². The number of halogens is 1.